The molecule has 0 fully saturated rings. The summed E-state index contributed by atoms with van der Waals surface area (Å²) in [6.45, 7) is 2.94. The van der Waals surface area contributed by atoms with Crippen LogP contribution in [0.1, 0.15) is 24.0 Å². The van der Waals surface area contributed by atoms with Gasteiger partial charge in [-0.15, -0.1) is 0 Å². The average Bonchev–Trinajstić information content (AvgIpc) is 2.46. The monoisotopic (exact) mass is 270 g/mol. The van der Waals surface area contributed by atoms with E-state index >= 15 is 0 Å². The molecule has 96 valence electrons. The van der Waals surface area contributed by atoms with Gasteiger partial charge in [-0.2, -0.15) is 5.26 Å². The fourth-order valence-corrected chi connectivity index (χ4v) is 2.10. The number of nitrogens with one attached hydrogen (secondary N) is 1. The summed E-state index contributed by atoms with van der Waals surface area (Å²) >= 11 is 5.88. The maximum atomic E-state index is 9.08. The maximum absolute atomic E-state index is 9.08. The van der Waals surface area contributed by atoms with Gasteiger partial charge >= 0.3 is 0 Å². The summed E-state index contributed by atoms with van der Waals surface area (Å²) in [4.78, 5) is 0. The summed E-state index contributed by atoms with van der Waals surface area (Å²) in [6, 6.07) is 17.8. The first-order chi connectivity index (χ1) is 9.20. The van der Waals surface area contributed by atoms with Gasteiger partial charge in [0.25, 0.3) is 0 Å². The lowest BCUT2D eigenvalue weighted by atomic mass is 10.0. The van der Waals surface area contributed by atoms with Gasteiger partial charge in [0.2, 0.25) is 0 Å². The van der Waals surface area contributed by atoms with Crippen molar-refractivity contribution in [1.29, 1.82) is 5.26 Å². The van der Waals surface area contributed by atoms with E-state index in [-0.39, 0.29) is 0 Å². The lowest BCUT2D eigenvalue weighted by Gasteiger charge is -2.15. The summed E-state index contributed by atoms with van der Waals surface area (Å²) in [5.41, 5.74) is 2.69. The molecule has 0 aromatic heterocycles. The third kappa shape index (κ3) is 3.49. The Balaban J connectivity index is 2.05. The van der Waals surface area contributed by atoms with Gasteiger partial charge in [-0.1, -0.05) is 48.9 Å². The third-order valence-corrected chi connectivity index (χ3v) is 3.30. The molecule has 1 N–H and O–H groups in total. The minimum absolute atomic E-state index is 0.378. The molecule has 2 rings (SSSR count). The summed E-state index contributed by atoms with van der Waals surface area (Å²) in [6.07, 6.45) is 0. The van der Waals surface area contributed by atoms with Crippen LogP contribution in [0.4, 0.5) is 5.69 Å². The molecule has 0 saturated heterocycles. The fraction of sp³-hybridized carbons (Fsp3) is 0.188. The van der Waals surface area contributed by atoms with E-state index in [9.17, 15) is 0 Å². The number of halogens is 1. The van der Waals surface area contributed by atoms with E-state index in [0.29, 0.717) is 16.5 Å². The Labute approximate surface area is 118 Å². The second kappa shape index (κ2) is 6.26. The smallest absolute Gasteiger partial charge is 0.101 e. The molecule has 0 heterocycles. The fourth-order valence-electron chi connectivity index (χ4n) is 1.93. The molecule has 0 spiro atoms. The number of hydrogen-bond donors (Lipinski definition) is 1. The predicted octanol–water partition coefficient (Wildman–Crippen LogP) is 4.43. The number of benzene rings is 2. The van der Waals surface area contributed by atoms with Gasteiger partial charge in [-0.05, 0) is 29.7 Å². The van der Waals surface area contributed by atoms with E-state index in [2.05, 4.69) is 30.4 Å². The Kier molecular flexibility index (Phi) is 4.43. The summed E-state index contributed by atoms with van der Waals surface area (Å²) in [5.74, 6) is 0.378. The topological polar surface area (TPSA) is 35.8 Å². The molecule has 0 radical (unpaired) electrons. The number of nitrogens with zero attached hydrogens (tertiary/aromatic N) is 1. The second-order valence-electron chi connectivity index (χ2n) is 4.49. The second-order valence-corrected chi connectivity index (χ2v) is 4.93. The van der Waals surface area contributed by atoms with E-state index in [1.807, 2.05) is 24.3 Å². The molecular weight excluding hydrogens is 256 g/mol. The first kappa shape index (κ1) is 13.5. The zero-order valence-corrected chi connectivity index (χ0v) is 11.5. The van der Waals surface area contributed by atoms with Crippen LogP contribution in [0.5, 0.6) is 0 Å². The van der Waals surface area contributed by atoms with Gasteiger partial charge in [0, 0.05) is 11.6 Å². The van der Waals surface area contributed by atoms with Gasteiger partial charge in [0.1, 0.15) is 6.07 Å². The van der Waals surface area contributed by atoms with Crippen molar-refractivity contribution >= 4 is 17.3 Å². The van der Waals surface area contributed by atoms with Crippen molar-refractivity contribution in [3.8, 4) is 6.07 Å². The van der Waals surface area contributed by atoms with Crippen LogP contribution in [0.3, 0.4) is 0 Å². The van der Waals surface area contributed by atoms with Crippen LogP contribution >= 0.6 is 11.6 Å². The first-order valence-corrected chi connectivity index (χ1v) is 6.57. The lowest BCUT2D eigenvalue weighted by molar-refractivity contribution is 0.805. The zero-order valence-electron chi connectivity index (χ0n) is 10.7. The van der Waals surface area contributed by atoms with Crippen molar-refractivity contribution < 1.29 is 0 Å². The van der Waals surface area contributed by atoms with Gasteiger partial charge in [-0.3, -0.25) is 0 Å². The van der Waals surface area contributed by atoms with Gasteiger partial charge in [0.05, 0.1) is 11.3 Å². The molecular formula is C16H15ClN2. The summed E-state index contributed by atoms with van der Waals surface area (Å²) < 4.78 is 0. The number of rotatable bonds is 4. The molecule has 3 heteroatoms. The average molecular weight is 271 g/mol. The molecule has 0 amide bonds. The minimum atomic E-state index is 0.378. The third-order valence-electron chi connectivity index (χ3n) is 3.07. The van der Waals surface area contributed by atoms with Gasteiger partial charge < -0.3 is 5.32 Å². The van der Waals surface area contributed by atoms with Crippen LogP contribution in [0.15, 0.2) is 48.5 Å². The molecule has 0 bridgehead atoms. The maximum Gasteiger partial charge on any atom is 0.101 e. The lowest BCUT2D eigenvalue weighted by Crippen LogP contribution is -2.10. The van der Waals surface area contributed by atoms with Gasteiger partial charge in [-0.25, -0.2) is 0 Å². The summed E-state index contributed by atoms with van der Waals surface area (Å²) in [7, 11) is 0. The van der Waals surface area contributed by atoms with E-state index in [4.69, 9.17) is 16.9 Å². The normalized spacial score (nSPS) is 11.6. The van der Waals surface area contributed by atoms with Gasteiger partial charge in [0.15, 0.2) is 0 Å². The molecule has 0 aliphatic carbocycles. The molecule has 2 aromatic rings. The number of anilines is 1. The highest BCUT2D eigenvalue weighted by Crippen LogP contribution is 2.21. The standard InChI is InChI=1S/C16H15ClN2/c1-12(13-5-3-2-4-6-13)11-19-16-8-7-15(17)9-14(16)10-18/h2-9,12,19H,11H2,1H3. The molecule has 2 nitrogen and oxygen atoms in total. The Bertz CT molecular complexity index is 587. The summed E-state index contributed by atoms with van der Waals surface area (Å²) in [5, 5.41) is 13.0. The Morgan fingerprint density at radius 1 is 1.21 bits per heavy atom. The quantitative estimate of drug-likeness (QED) is 0.892. The predicted molar refractivity (Wildman–Crippen MR) is 79.5 cm³/mol. The Hall–Kier alpha value is -1.98. The van der Waals surface area contributed by atoms with Crippen molar-refractivity contribution in [2.24, 2.45) is 0 Å². The zero-order chi connectivity index (χ0) is 13.7. The van der Waals surface area contributed by atoms with Crippen LogP contribution in [-0.2, 0) is 0 Å². The highest BCUT2D eigenvalue weighted by molar-refractivity contribution is 6.30. The van der Waals surface area contributed by atoms with Crippen molar-refractivity contribution in [2.75, 3.05) is 11.9 Å². The Morgan fingerprint density at radius 3 is 2.63 bits per heavy atom. The molecule has 1 unspecified atom stereocenters. The molecule has 0 aliphatic heterocycles. The largest absolute Gasteiger partial charge is 0.383 e. The van der Waals surface area contributed by atoms with Crippen LogP contribution in [0.2, 0.25) is 5.02 Å². The highest BCUT2D eigenvalue weighted by atomic mass is 35.5. The van der Waals surface area contributed by atoms with Crippen LogP contribution in [0.25, 0.3) is 0 Å². The molecule has 1 atom stereocenters. The van der Waals surface area contributed by atoms with Crippen molar-refractivity contribution in [3.05, 3.63) is 64.7 Å². The molecule has 0 saturated carbocycles. The van der Waals surface area contributed by atoms with E-state index in [0.717, 1.165) is 12.2 Å². The molecule has 2 aromatic carbocycles. The highest BCUT2D eigenvalue weighted by Gasteiger charge is 2.07. The van der Waals surface area contributed by atoms with E-state index < -0.39 is 0 Å². The van der Waals surface area contributed by atoms with Crippen LogP contribution < -0.4 is 5.32 Å². The van der Waals surface area contributed by atoms with Crippen molar-refractivity contribution in [1.82, 2.24) is 0 Å². The SMILES string of the molecule is CC(CNc1ccc(Cl)cc1C#N)c1ccccc1. The van der Waals surface area contributed by atoms with Crippen molar-refractivity contribution in [3.63, 3.8) is 0 Å². The first-order valence-electron chi connectivity index (χ1n) is 6.19. The van der Waals surface area contributed by atoms with E-state index in [1.165, 1.54) is 5.56 Å². The molecule has 0 aliphatic rings. The minimum Gasteiger partial charge on any atom is -0.383 e. The van der Waals surface area contributed by atoms with Crippen LogP contribution in [-0.4, -0.2) is 6.54 Å². The van der Waals surface area contributed by atoms with Crippen molar-refractivity contribution in [2.45, 2.75) is 12.8 Å². The van der Waals surface area contributed by atoms with E-state index in [1.54, 1.807) is 12.1 Å². The Morgan fingerprint density at radius 2 is 1.95 bits per heavy atom. The van der Waals surface area contributed by atoms with Crippen LogP contribution in [0, 0.1) is 11.3 Å². The number of nitriles is 1. The molecule has 19 heavy (non-hydrogen) atoms. The number of hydrogen-bond acceptors (Lipinski definition) is 2.